The van der Waals surface area contributed by atoms with E-state index in [-0.39, 0.29) is 30.4 Å². The van der Waals surface area contributed by atoms with Gasteiger partial charge in [0.05, 0.1) is 16.8 Å². The molecule has 21 heavy (non-hydrogen) atoms. The number of sulfonamides is 1. The Morgan fingerprint density at radius 3 is 2.00 bits per heavy atom. The molecule has 1 aliphatic heterocycles. The zero-order chi connectivity index (χ0) is 15.5. The molecule has 1 aliphatic carbocycles. The Morgan fingerprint density at radius 1 is 0.952 bits per heavy atom. The maximum atomic E-state index is 12.4. The molecule has 0 radical (unpaired) electrons. The number of hydrogen-bond donors (Lipinski definition) is 2. The van der Waals surface area contributed by atoms with Crippen molar-refractivity contribution in [3.63, 3.8) is 0 Å². The van der Waals surface area contributed by atoms with Crippen molar-refractivity contribution in [3.05, 3.63) is 0 Å². The smallest absolute Gasteiger partial charge is 0.214 e. The molecule has 2 rings (SSSR count). The molecule has 1 saturated heterocycles. The Kier molecular flexibility index (Phi) is 5.67. The Labute approximate surface area is 128 Å². The van der Waals surface area contributed by atoms with Gasteiger partial charge in [-0.15, -0.1) is 0 Å². The van der Waals surface area contributed by atoms with Crippen LogP contribution in [0.4, 0.5) is 0 Å². The standard InChI is InChI=1S/C13H26N2O4S2/c1-2-14-11-3-5-12(6-4-11)15-21(18,19)13-7-9-20(16,17)10-8-13/h11-15H,2-10H2,1H3. The van der Waals surface area contributed by atoms with Gasteiger partial charge in [0.1, 0.15) is 9.84 Å². The molecule has 2 aliphatic rings. The van der Waals surface area contributed by atoms with Crippen LogP contribution in [0.5, 0.6) is 0 Å². The first-order valence-corrected chi connectivity index (χ1v) is 11.1. The van der Waals surface area contributed by atoms with Gasteiger partial charge in [0.15, 0.2) is 0 Å². The molecule has 6 nitrogen and oxygen atoms in total. The van der Waals surface area contributed by atoms with Gasteiger partial charge >= 0.3 is 0 Å². The molecule has 2 N–H and O–H groups in total. The molecule has 1 saturated carbocycles. The highest BCUT2D eigenvalue weighted by molar-refractivity contribution is 7.92. The third kappa shape index (κ3) is 4.91. The minimum absolute atomic E-state index is 0.00318. The molecule has 0 aromatic rings. The average molecular weight is 338 g/mol. The summed E-state index contributed by atoms with van der Waals surface area (Å²) in [6.07, 6.45) is 4.12. The topological polar surface area (TPSA) is 92.3 Å². The zero-order valence-electron chi connectivity index (χ0n) is 12.5. The first-order chi connectivity index (χ1) is 9.82. The van der Waals surface area contributed by atoms with Gasteiger partial charge in [-0.3, -0.25) is 0 Å². The van der Waals surface area contributed by atoms with Gasteiger partial charge in [-0.25, -0.2) is 21.6 Å². The number of hydrogen-bond acceptors (Lipinski definition) is 5. The zero-order valence-corrected chi connectivity index (χ0v) is 14.2. The summed E-state index contributed by atoms with van der Waals surface area (Å²) in [6, 6.07) is 0.499. The van der Waals surface area contributed by atoms with Crippen LogP contribution in [0.25, 0.3) is 0 Å². The molecule has 0 unspecified atom stereocenters. The predicted molar refractivity (Wildman–Crippen MR) is 83.5 cm³/mol. The van der Waals surface area contributed by atoms with Crippen LogP contribution in [0.1, 0.15) is 45.4 Å². The van der Waals surface area contributed by atoms with E-state index in [1.165, 1.54) is 0 Å². The van der Waals surface area contributed by atoms with Gasteiger partial charge in [-0.2, -0.15) is 0 Å². The molecule has 0 aromatic heterocycles. The number of nitrogens with one attached hydrogen (secondary N) is 2. The highest BCUT2D eigenvalue weighted by Gasteiger charge is 2.34. The molecule has 0 spiro atoms. The summed E-state index contributed by atoms with van der Waals surface area (Å²) in [6.45, 7) is 3.02. The molecule has 0 bridgehead atoms. The van der Waals surface area contributed by atoms with Crippen LogP contribution in [0.15, 0.2) is 0 Å². The van der Waals surface area contributed by atoms with Gasteiger partial charge in [0, 0.05) is 12.1 Å². The van der Waals surface area contributed by atoms with Crippen LogP contribution < -0.4 is 10.0 Å². The highest BCUT2D eigenvalue weighted by Crippen LogP contribution is 2.23. The summed E-state index contributed by atoms with van der Waals surface area (Å²) in [5, 5.41) is 2.85. The second-order valence-electron chi connectivity index (χ2n) is 6.12. The number of rotatable bonds is 5. The Hall–Kier alpha value is -0.180. The lowest BCUT2D eigenvalue weighted by atomic mass is 9.92. The first kappa shape index (κ1) is 17.2. The summed E-state index contributed by atoms with van der Waals surface area (Å²) in [5.41, 5.74) is 0. The van der Waals surface area contributed by atoms with Crippen molar-refractivity contribution >= 4 is 19.9 Å². The van der Waals surface area contributed by atoms with Crippen LogP contribution in [-0.4, -0.2) is 52.2 Å². The van der Waals surface area contributed by atoms with E-state index in [1.807, 2.05) is 0 Å². The van der Waals surface area contributed by atoms with E-state index in [0.717, 1.165) is 32.2 Å². The molecule has 1 heterocycles. The van der Waals surface area contributed by atoms with E-state index in [0.29, 0.717) is 6.04 Å². The quantitative estimate of drug-likeness (QED) is 0.757. The summed E-state index contributed by atoms with van der Waals surface area (Å²) in [7, 11) is -6.42. The van der Waals surface area contributed by atoms with Crippen molar-refractivity contribution in [2.24, 2.45) is 0 Å². The fourth-order valence-corrected chi connectivity index (χ4v) is 6.75. The predicted octanol–water partition coefficient (Wildman–Crippen LogP) is 0.404. The van der Waals surface area contributed by atoms with Crippen LogP contribution >= 0.6 is 0 Å². The Morgan fingerprint density at radius 2 is 1.48 bits per heavy atom. The van der Waals surface area contributed by atoms with Gasteiger partial charge < -0.3 is 5.32 Å². The van der Waals surface area contributed by atoms with E-state index in [1.54, 1.807) is 0 Å². The van der Waals surface area contributed by atoms with Crippen molar-refractivity contribution in [3.8, 4) is 0 Å². The van der Waals surface area contributed by atoms with E-state index in [9.17, 15) is 16.8 Å². The third-order valence-corrected chi connectivity index (χ3v) is 8.22. The normalized spacial score (nSPS) is 31.1. The summed E-state index contributed by atoms with van der Waals surface area (Å²) in [5.74, 6) is -0.0164. The van der Waals surface area contributed by atoms with Gasteiger partial charge in [-0.05, 0) is 45.1 Å². The summed E-state index contributed by atoms with van der Waals surface area (Å²) >= 11 is 0. The second-order valence-corrected chi connectivity index (χ2v) is 10.4. The van der Waals surface area contributed by atoms with Crippen molar-refractivity contribution in [2.75, 3.05) is 18.1 Å². The van der Waals surface area contributed by atoms with Crippen molar-refractivity contribution in [2.45, 2.75) is 62.8 Å². The molecule has 8 heteroatoms. The van der Waals surface area contributed by atoms with Gasteiger partial charge in [-0.1, -0.05) is 6.92 Å². The van der Waals surface area contributed by atoms with Crippen molar-refractivity contribution < 1.29 is 16.8 Å². The summed E-state index contributed by atoms with van der Waals surface area (Å²) in [4.78, 5) is 0. The molecule has 0 amide bonds. The second kappa shape index (κ2) is 6.93. The van der Waals surface area contributed by atoms with Gasteiger partial charge in [0.25, 0.3) is 0 Å². The summed E-state index contributed by atoms with van der Waals surface area (Å²) < 4.78 is 50.3. The van der Waals surface area contributed by atoms with Crippen LogP contribution in [0.3, 0.4) is 0 Å². The minimum atomic E-state index is -3.40. The molecular formula is C13H26N2O4S2. The van der Waals surface area contributed by atoms with Crippen LogP contribution in [0, 0.1) is 0 Å². The first-order valence-electron chi connectivity index (χ1n) is 7.77. The van der Waals surface area contributed by atoms with Crippen molar-refractivity contribution in [1.29, 1.82) is 0 Å². The maximum absolute atomic E-state index is 12.4. The fourth-order valence-electron chi connectivity index (χ4n) is 3.21. The van der Waals surface area contributed by atoms with Crippen molar-refractivity contribution in [1.82, 2.24) is 10.0 Å². The number of sulfone groups is 1. The van der Waals surface area contributed by atoms with E-state index in [4.69, 9.17) is 0 Å². The fraction of sp³-hybridized carbons (Fsp3) is 1.00. The molecule has 0 aromatic carbocycles. The van der Waals surface area contributed by atoms with E-state index >= 15 is 0 Å². The lowest BCUT2D eigenvalue weighted by Gasteiger charge is -2.31. The maximum Gasteiger partial charge on any atom is 0.214 e. The van der Waals surface area contributed by atoms with Gasteiger partial charge in [0.2, 0.25) is 10.0 Å². The Balaban J connectivity index is 1.85. The van der Waals surface area contributed by atoms with Crippen LogP contribution in [0.2, 0.25) is 0 Å². The van der Waals surface area contributed by atoms with E-state index < -0.39 is 25.1 Å². The largest absolute Gasteiger partial charge is 0.314 e. The highest BCUT2D eigenvalue weighted by atomic mass is 32.2. The average Bonchev–Trinajstić information content (AvgIpc) is 2.40. The minimum Gasteiger partial charge on any atom is -0.314 e. The molecular weight excluding hydrogens is 312 g/mol. The Bertz CT molecular complexity index is 523. The molecule has 124 valence electrons. The van der Waals surface area contributed by atoms with E-state index in [2.05, 4.69) is 17.0 Å². The van der Waals surface area contributed by atoms with Crippen LogP contribution in [-0.2, 0) is 19.9 Å². The lowest BCUT2D eigenvalue weighted by Crippen LogP contribution is -2.46. The third-order valence-electron chi connectivity index (χ3n) is 4.49. The monoisotopic (exact) mass is 338 g/mol. The lowest BCUT2D eigenvalue weighted by molar-refractivity contribution is 0.332. The SMILES string of the molecule is CCNC1CCC(NS(=O)(=O)C2CCS(=O)(=O)CC2)CC1. The molecule has 0 atom stereocenters. The molecule has 2 fully saturated rings.